The minimum atomic E-state index is -4.15. The smallest absolute Gasteiger partial charge is 0.247 e. The molecule has 1 aromatic rings. The van der Waals surface area contributed by atoms with Crippen LogP contribution < -0.4 is 11.1 Å². The summed E-state index contributed by atoms with van der Waals surface area (Å²) in [6, 6.07) is 4.01. The molecule has 1 aliphatic rings. The number of sulfonamides is 1. The predicted molar refractivity (Wildman–Crippen MR) is 77.0 cm³/mol. The SMILES string of the molecule is CC1(C)C(=O)NC(=O)CN1S(=O)(=O)c1cc(N)ccc1Cl. The van der Waals surface area contributed by atoms with Gasteiger partial charge in [0.05, 0.1) is 11.6 Å². The van der Waals surface area contributed by atoms with E-state index >= 15 is 0 Å². The van der Waals surface area contributed by atoms with Crippen LogP contribution in [0.2, 0.25) is 5.02 Å². The minimum absolute atomic E-state index is 0.0292. The Morgan fingerprint density at radius 2 is 1.95 bits per heavy atom. The van der Waals surface area contributed by atoms with Gasteiger partial charge >= 0.3 is 0 Å². The highest BCUT2D eigenvalue weighted by Crippen LogP contribution is 2.31. The molecule has 2 rings (SSSR count). The molecular formula is C12H14ClN3O4S. The van der Waals surface area contributed by atoms with Crippen molar-refractivity contribution in [1.82, 2.24) is 9.62 Å². The number of piperazine rings is 1. The third-order valence-electron chi connectivity index (χ3n) is 3.24. The maximum atomic E-state index is 12.7. The molecule has 1 aliphatic heterocycles. The Morgan fingerprint density at radius 1 is 1.33 bits per heavy atom. The van der Waals surface area contributed by atoms with Gasteiger partial charge in [-0.15, -0.1) is 0 Å². The van der Waals surface area contributed by atoms with Crippen molar-refractivity contribution in [3.8, 4) is 0 Å². The molecule has 2 amide bonds. The summed E-state index contributed by atoms with van der Waals surface area (Å²) in [5.41, 5.74) is 4.38. The molecule has 9 heteroatoms. The lowest BCUT2D eigenvalue weighted by molar-refractivity contribution is -0.141. The van der Waals surface area contributed by atoms with Gasteiger partial charge in [-0.3, -0.25) is 14.9 Å². The second-order valence-corrected chi connectivity index (χ2v) is 7.38. The van der Waals surface area contributed by atoms with Crippen LogP contribution in [-0.2, 0) is 19.6 Å². The number of imide groups is 1. The van der Waals surface area contributed by atoms with Crippen molar-refractivity contribution in [2.45, 2.75) is 24.3 Å². The number of carbonyl (C=O) groups excluding carboxylic acids is 2. The molecule has 0 aromatic heterocycles. The van der Waals surface area contributed by atoms with E-state index in [9.17, 15) is 18.0 Å². The fourth-order valence-electron chi connectivity index (χ4n) is 1.98. The molecule has 1 heterocycles. The molecule has 1 fully saturated rings. The fraction of sp³-hybridized carbons (Fsp3) is 0.333. The molecule has 0 atom stereocenters. The maximum absolute atomic E-state index is 12.7. The van der Waals surface area contributed by atoms with Gasteiger partial charge in [0.25, 0.3) is 0 Å². The van der Waals surface area contributed by atoms with Crippen LogP contribution in [0.15, 0.2) is 23.1 Å². The van der Waals surface area contributed by atoms with E-state index in [0.29, 0.717) is 0 Å². The lowest BCUT2D eigenvalue weighted by Crippen LogP contribution is -2.65. The van der Waals surface area contributed by atoms with Crippen LogP contribution in [0.3, 0.4) is 0 Å². The van der Waals surface area contributed by atoms with E-state index in [0.717, 1.165) is 4.31 Å². The number of nitrogen functional groups attached to an aromatic ring is 1. The molecular weight excluding hydrogens is 318 g/mol. The van der Waals surface area contributed by atoms with Crippen LogP contribution in [0.4, 0.5) is 5.69 Å². The zero-order valence-electron chi connectivity index (χ0n) is 11.4. The molecule has 114 valence electrons. The second kappa shape index (κ2) is 4.97. The van der Waals surface area contributed by atoms with Gasteiger partial charge < -0.3 is 5.73 Å². The number of nitrogens with two attached hydrogens (primary N) is 1. The van der Waals surface area contributed by atoms with Crippen molar-refractivity contribution in [2.24, 2.45) is 0 Å². The van der Waals surface area contributed by atoms with E-state index < -0.39 is 33.9 Å². The molecule has 21 heavy (non-hydrogen) atoms. The van der Waals surface area contributed by atoms with E-state index in [1.165, 1.54) is 32.0 Å². The standard InChI is InChI=1S/C12H14ClN3O4S/c1-12(2)11(18)15-10(17)6-16(12)21(19,20)9-5-7(14)3-4-8(9)13/h3-5H,6,14H2,1-2H3,(H,15,17,18). The lowest BCUT2D eigenvalue weighted by Gasteiger charge is -2.38. The molecule has 0 aliphatic carbocycles. The third-order valence-corrected chi connectivity index (χ3v) is 5.74. The number of benzene rings is 1. The van der Waals surface area contributed by atoms with E-state index in [2.05, 4.69) is 5.32 Å². The van der Waals surface area contributed by atoms with Crippen LogP contribution in [0, 0.1) is 0 Å². The fourth-order valence-corrected chi connectivity index (χ4v) is 4.20. The second-order valence-electron chi connectivity index (χ2n) is 5.14. The summed E-state index contributed by atoms with van der Waals surface area (Å²) in [5, 5.41) is 2.08. The van der Waals surface area contributed by atoms with Crippen molar-refractivity contribution in [3.63, 3.8) is 0 Å². The summed E-state index contributed by atoms with van der Waals surface area (Å²) in [6.45, 7) is 2.35. The zero-order chi connectivity index (χ0) is 16.0. The van der Waals surface area contributed by atoms with Crippen molar-refractivity contribution in [2.75, 3.05) is 12.3 Å². The third kappa shape index (κ3) is 2.61. The minimum Gasteiger partial charge on any atom is -0.399 e. The predicted octanol–water partition coefficient (Wildman–Crippen LogP) is 0.348. The average molecular weight is 332 g/mol. The molecule has 0 radical (unpaired) electrons. The first-order chi connectivity index (χ1) is 9.56. The van der Waals surface area contributed by atoms with Crippen LogP contribution in [0.25, 0.3) is 0 Å². The van der Waals surface area contributed by atoms with Crippen molar-refractivity contribution >= 4 is 39.1 Å². The number of nitrogens with one attached hydrogen (secondary N) is 1. The normalized spacial score (nSPS) is 19.4. The Balaban J connectivity index is 2.59. The first kappa shape index (κ1) is 15.7. The molecule has 0 saturated carbocycles. The molecule has 1 aromatic carbocycles. The van der Waals surface area contributed by atoms with Gasteiger partial charge in [0.15, 0.2) is 0 Å². The summed E-state index contributed by atoms with van der Waals surface area (Å²) in [7, 11) is -4.15. The largest absolute Gasteiger partial charge is 0.399 e. The Hall–Kier alpha value is -1.64. The first-order valence-corrected chi connectivity index (χ1v) is 7.81. The van der Waals surface area contributed by atoms with E-state index in [-0.39, 0.29) is 15.6 Å². The van der Waals surface area contributed by atoms with Gasteiger partial charge in [0, 0.05) is 5.69 Å². The number of halogens is 1. The number of hydrogen-bond acceptors (Lipinski definition) is 5. The summed E-state index contributed by atoms with van der Waals surface area (Å²) >= 11 is 5.92. The van der Waals surface area contributed by atoms with Crippen molar-refractivity contribution in [3.05, 3.63) is 23.2 Å². The van der Waals surface area contributed by atoms with Crippen LogP contribution in [0.1, 0.15) is 13.8 Å². The number of anilines is 1. The number of carbonyl (C=O) groups is 2. The number of amides is 2. The van der Waals surface area contributed by atoms with Crippen molar-refractivity contribution in [1.29, 1.82) is 0 Å². The van der Waals surface area contributed by atoms with Crippen LogP contribution >= 0.6 is 11.6 Å². The zero-order valence-corrected chi connectivity index (χ0v) is 13.0. The molecule has 0 unspecified atom stereocenters. The Kier molecular flexibility index (Phi) is 3.73. The molecule has 0 bridgehead atoms. The van der Waals surface area contributed by atoms with E-state index in [4.69, 9.17) is 17.3 Å². The topological polar surface area (TPSA) is 110 Å². The highest BCUT2D eigenvalue weighted by molar-refractivity contribution is 7.89. The molecule has 7 nitrogen and oxygen atoms in total. The quantitative estimate of drug-likeness (QED) is 0.600. The first-order valence-electron chi connectivity index (χ1n) is 5.99. The number of nitrogens with zero attached hydrogens (tertiary/aromatic N) is 1. The van der Waals surface area contributed by atoms with Gasteiger partial charge in [0.1, 0.15) is 10.4 Å². The van der Waals surface area contributed by atoms with Crippen molar-refractivity contribution < 1.29 is 18.0 Å². The summed E-state index contributed by atoms with van der Waals surface area (Å²) in [5.74, 6) is -1.38. The average Bonchev–Trinajstić information content (AvgIpc) is 2.36. The monoisotopic (exact) mass is 331 g/mol. The van der Waals surface area contributed by atoms with E-state index in [1.54, 1.807) is 0 Å². The molecule has 3 N–H and O–H groups in total. The van der Waals surface area contributed by atoms with Crippen LogP contribution in [-0.4, -0.2) is 36.6 Å². The summed E-state index contributed by atoms with van der Waals surface area (Å²) in [6.07, 6.45) is 0. The van der Waals surface area contributed by atoms with Gasteiger partial charge in [-0.2, -0.15) is 4.31 Å². The molecule has 1 saturated heterocycles. The van der Waals surface area contributed by atoms with Gasteiger partial charge in [-0.05, 0) is 32.0 Å². The van der Waals surface area contributed by atoms with Gasteiger partial charge in [0.2, 0.25) is 21.8 Å². The lowest BCUT2D eigenvalue weighted by atomic mass is 10.0. The van der Waals surface area contributed by atoms with E-state index in [1.807, 2.05) is 0 Å². The van der Waals surface area contributed by atoms with Crippen LogP contribution in [0.5, 0.6) is 0 Å². The molecule has 0 spiro atoms. The Morgan fingerprint density at radius 3 is 2.57 bits per heavy atom. The Bertz CT molecular complexity index is 730. The summed E-state index contributed by atoms with van der Waals surface area (Å²) < 4.78 is 26.3. The Labute approximate surface area is 127 Å². The van der Waals surface area contributed by atoms with Gasteiger partial charge in [-0.1, -0.05) is 11.6 Å². The van der Waals surface area contributed by atoms with Gasteiger partial charge in [-0.25, -0.2) is 8.42 Å². The summed E-state index contributed by atoms with van der Waals surface area (Å²) in [4.78, 5) is 23.1. The number of rotatable bonds is 2. The highest BCUT2D eigenvalue weighted by atomic mass is 35.5. The number of hydrogen-bond donors (Lipinski definition) is 2. The highest BCUT2D eigenvalue weighted by Gasteiger charge is 2.48. The maximum Gasteiger partial charge on any atom is 0.247 e.